The topological polar surface area (TPSA) is 399 Å². The number of aliphatic hydroxyl groups excluding tert-OH is 6. The SMILES string of the molecule is C=C(C)C(=O)OC.C=C(C)C(=O)OCCO.C=CC(=O)O.C=CC(=O)OCCCC.CCC(CO)(CO)CO.O=C(O)CCCCC(=O)O.O=C1C=CC(=O)O1.O=C1OC(=O)c2ccccc21.OCCCCCCO. The summed E-state index contributed by atoms with van der Waals surface area (Å²) in [6.45, 7) is 20.5. The first-order valence-corrected chi connectivity index (χ1v) is 22.9. The second-order valence-corrected chi connectivity index (χ2v) is 14.7. The van der Waals surface area contributed by atoms with Crippen LogP contribution in [0.2, 0.25) is 0 Å². The van der Waals surface area contributed by atoms with Crippen LogP contribution >= 0.6 is 0 Å². The number of methoxy groups -OCH3 is 1. The summed E-state index contributed by atoms with van der Waals surface area (Å²) in [5.74, 6) is -6.11. The van der Waals surface area contributed by atoms with Crippen LogP contribution in [0, 0.1) is 5.41 Å². The van der Waals surface area contributed by atoms with E-state index in [-0.39, 0.29) is 71.0 Å². The predicted octanol–water partition coefficient (Wildman–Crippen LogP) is 3.84. The van der Waals surface area contributed by atoms with Crippen molar-refractivity contribution in [1.82, 2.24) is 0 Å². The fourth-order valence-electron chi connectivity index (χ4n) is 3.76. The van der Waals surface area contributed by atoms with Gasteiger partial charge in [0, 0.05) is 66.9 Å². The average molecular weight is 1080 g/mol. The minimum atomic E-state index is -0.981. The molecule has 75 heavy (non-hydrogen) atoms. The van der Waals surface area contributed by atoms with Gasteiger partial charge in [0.25, 0.3) is 0 Å². The van der Waals surface area contributed by atoms with E-state index in [4.69, 9.17) is 46.0 Å². The summed E-state index contributed by atoms with van der Waals surface area (Å²) < 4.78 is 21.7. The van der Waals surface area contributed by atoms with Crippen LogP contribution in [0.3, 0.4) is 0 Å². The Hall–Kier alpha value is -7.22. The summed E-state index contributed by atoms with van der Waals surface area (Å²) in [5, 5.41) is 74.6. The van der Waals surface area contributed by atoms with Gasteiger partial charge >= 0.3 is 59.7 Å². The van der Waals surface area contributed by atoms with Crippen molar-refractivity contribution < 1.29 is 118 Å². The van der Waals surface area contributed by atoms with Crippen LogP contribution in [0.5, 0.6) is 0 Å². The Bertz CT molecular complexity index is 1810. The molecule has 0 amide bonds. The largest absolute Gasteiger partial charge is 0.481 e. The number of unbranched alkanes of at least 4 members (excludes halogenated alkanes) is 5. The molecular formula is C51H78O24. The summed E-state index contributed by atoms with van der Waals surface area (Å²) in [6, 6.07) is 6.53. The van der Waals surface area contributed by atoms with Gasteiger partial charge < -0.3 is 69.6 Å². The van der Waals surface area contributed by atoms with Gasteiger partial charge in [0.1, 0.15) is 6.61 Å². The molecule has 0 spiro atoms. The summed E-state index contributed by atoms with van der Waals surface area (Å²) in [6.07, 6.45) is 11.6. The molecular weight excluding hydrogens is 997 g/mol. The van der Waals surface area contributed by atoms with Crippen molar-refractivity contribution >= 4 is 59.7 Å². The van der Waals surface area contributed by atoms with Crippen molar-refractivity contribution in [2.24, 2.45) is 5.41 Å². The molecule has 0 bridgehead atoms. The number of esters is 7. The van der Waals surface area contributed by atoms with Crippen molar-refractivity contribution in [3.63, 3.8) is 0 Å². The third-order valence-corrected chi connectivity index (χ3v) is 8.25. The maximum absolute atomic E-state index is 10.8. The van der Waals surface area contributed by atoms with Gasteiger partial charge in [0.2, 0.25) is 0 Å². The summed E-state index contributed by atoms with van der Waals surface area (Å²) in [4.78, 5) is 102. The number of rotatable bonds is 23. The van der Waals surface area contributed by atoms with E-state index in [2.05, 4.69) is 50.0 Å². The zero-order valence-corrected chi connectivity index (χ0v) is 43.5. The monoisotopic (exact) mass is 1070 g/mol. The van der Waals surface area contributed by atoms with Crippen molar-refractivity contribution in [1.29, 1.82) is 0 Å². The average Bonchev–Trinajstić information content (AvgIpc) is 3.92. The molecule has 0 aliphatic carbocycles. The number of carbonyl (C=O) groups excluding carboxylic acids is 7. The molecule has 2 aliphatic rings. The van der Waals surface area contributed by atoms with E-state index in [0.29, 0.717) is 48.1 Å². The second kappa shape index (κ2) is 54.6. The van der Waals surface area contributed by atoms with Gasteiger partial charge in [0.05, 0.1) is 51.3 Å². The lowest BCUT2D eigenvalue weighted by molar-refractivity contribution is -0.150. The van der Waals surface area contributed by atoms with Crippen molar-refractivity contribution in [2.75, 3.05) is 60.0 Å². The maximum Gasteiger partial charge on any atom is 0.346 e. The van der Waals surface area contributed by atoms with Crippen LogP contribution in [0.1, 0.15) is 119 Å². The van der Waals surface area contributed by atoms with E-state index >= 15 is 0 Å². The van der Waals surface area contributed by atoms with Gasteiger partial charge in [-0.05, 0) is 64.5 Å². The molecule has 0 fully saturated rings. The molecule has 0 saturated carbocycles. The zero-order valence-electron chi connectivity index (χ0n) is 43.5. The number of hydrogen-bond donors (Lipinski definition) is 9. The Morgan fingerprint density at radius 2 is 1.00 bits per heavy atom. The number of ether oxygens (including phenoxy) is 5. The van der Waals surface area contributed by atoms with Crippen LogP contribution in [-0.4, -0.2) is 166 Å². The lowest BCUT2D eigenvalue weighted by Gasteiger charge is -2.24. The smallest absolute Gasteiger partial charge is 0.346 e. The molecule has 0 saturated heterocycles. The van der Waals surface area contributed by atoms with Gasteiger partial charge in [-0.15, -0.1) is 0 Å². The van der Waals surface area contributed by atoms with E-state index in [0.717, 1.165) is 56.8 Å². The lowest BCUT2D eigenvalue weighted by Crippen LogP contribution is -2.32. The number of aliphatic carboxylic acids is 3. The number of cyclic esters (lactones) is 4. The lowest BCUT2D eigenvalue weighted by atomic mass is 9.88. The first-order valence-electron chi connectivity index (χ1n) is 22.9. The summed E-state index contributed by atoms with van der Waals surface area (Å²) >= 11 is 0. The number of carbonyl (C=O) groups is 10. The molecule has 24 nitrogen and oxygen atoms in total. The Kier molecular flexibility index (Phi) is 57.6. The van der Waals surface area contributed by atoms with Gasteiger partial charge in [-0.3, -0.25) is 9.59 Å². The van der Waals surface area contributed by atoms with Gasteiger partial charge in [-0.1, -0.05) is 71.6 Å². The fourth-order valence-corrected chi connectivity index (χ4v) is 3.76. The van der Waals surface area contributed by atoms with Crippen LogP contribution in [-0.2, 0) is 62.0 Å². The molecule has 2 heterocycles. The third-order valence-electron chi connectivity index (χ3n) is 8.25. The van der Waals surface area contributed by atoms with Gasteiger partial charge in [-0.2, -0.15) is 0 Å². The zero-order chi connectivity index (χ0) is 59.2. The highest BCUT2D eigenvalue weighted by molar-refractivity contribution is 6.14. The van der Waals surface area contributed by atoms with Crippen molar-refractivity contribution in [3.8, 4) is 0 Å². The maximum atomic E-state index is 10.8. The minimum Gasteiger partial charge on any atom is -0.481 e. The molecule has 426 valence electrons. The van der Waals surface area contributed by atoms with E-state index in [1.807, 2.05) is 13.8 Å². The summed E-state index contributed by atoms with van der Waals surface area (Å²) in [5.41, 5.74) is 0.834. The molecule has 0 atom stereocenters. The normalized spacial score (nSPS) is 10.7. The Morgan fingerprint density at radius 3 is 1.23 bits per heavy atom. The number of fused-ring (bicyclic) bond motifs is 1. The molecule has 24 heteroatoms. The molecule has 1 aromatic carbocycles. The molecule has 2 aliphatic heterocycles. The first kappa shape index (κ1) is 79.2. The number of carboxylic acids is 3. The second-order valence-electron chi connectivity index (χ2n) is 14.7. The standard InChI is InChI=1S/C8H4O3.C7H12O2.C6H10O4.C6H10O3.C6H14O3.C6H14O2.C5H8O2.C4H2O3.C3H4O2/c9-7-5-3-1-2-4-6(5)8(10)11-7;1-3-5-6-9-7(8)4-2;7-5(8)3-1-2-4-6(9)10;1-5(2)6(8)9-4-3-7;1-2-6(3-7,4-8)5-9;7-5-3-1-2-4-6-8;1-4(2)5(6)7-3;5-3-1-2-4(6)7-3;1-2-3(4)5/h1-4H;4H,2-3,5-6H2,1H3;1-4H2,(H,7,8)(H,9,10);7H,1,3-4H2,2H3;7-9H,2-5H2,1H3;7-8H,1-6H2;1H2,2-3H3;1-2H;2H,1H2,(H,4,5). The minimum absolute atomic E-state index is 0.0473. The van der Waals surface area contributed by atoms with E-state index < -0.39 is 53.2 Å². The highest BCUT2D eigenvalue weighted by atomic mass is 16.6. The van der Waals surface area contributed by atoms with Crippen LogP contribution in [0.4, 0.5) is 0 Å². The van der Waals surface area contributed by atoms with Gasteiger partial charge in [0.15, 0.2) is 0 Å². The number of aliphatic hydroxyl groups is 6. The predicted molar refractivity (Wildman–Crippen MR) is 270 cm³/mol. The van der Waals surface area contributed by atoms with E-state index in [9.17, 15) is 47.9 Å². The van der Waals surface area contributed by atoms with Crippen LogP contribution in [0.25, 0.3) is 0 Å². The molecule has 3 rings (SSSR count). The number of benzene rings is 1. The Balaban J connectivity index is -0.000000180. The molecule has 0 unspecified atom stereocenters. The Morgan fingerprint density at radius 1 is 0.587 bits per heavy atom. The quantitative estimate of drug-likeness (QED) is 0.0247. The van der Waals surface area contributed by atoms with Crippen LogP contribution < -0.4 is 0 Å². The first-order chi connectivity index (χ1) is 35.3. The van der Waals surface area contributed by atoms with E-state index in [1.54, 1.807) is 38.1 Å². The van der Waals surface area contributed by atoms with Gasteiger partial charge in [-0.25, -0.2) is 38.4 Å². The highest BCUT2D eigenvalue weighted by Gasteiger charge is 2.28. The highest BCUT2D eigenvalue weighted by Crippen LogP contribution is 2.19. The van der Waals surface area contributed by atoms with Crippen molar-refractivity contribution in [2.45, 2.75) is 98.3 Å². The number of hydrogen-bond acceptors (Lipinski definition) is 21. The Labute approximate surface area is 437 Å². The third kappa shape index (κ3) is 54.4. The molecule has 0 radical (unpaired) electrons. The van der Waals surface area contributed by atoms with Crippen molar-refractivity contribution in [3.05, 3.63) is 97.2 Å². The number of carboxylic acid groups (broad SMARTS) is 3. The molecule has 9 N–H and O–H groups in total. The molecule has 1 aromatic rings. The fraction of sp³-hybridized carbons (Fsp3) is 0.490. The summed E-state index contributed by atoms with van der Waals surface area (Å²) in [7, 11) is 1.33. The van der Waals surface area contributed by atoms with E-state index in [1.165, 1.54) is 13.2 Å². The molecule has 0 aromatic heterocycles. The van der Waals surface area contributed by atoms with Crippen LogP contribution in [0.15, 0.2) is 86.0 Å².